The van der Waals surface area contributed by atoms with E-state index in [-0.39, 0.29) is 0 Å². The predicted octanol–water partition coefficient (Wildman–Crippen LogP) is 1.91. The van der Waals surface area contributed by atoms with Gasteiger partial charge < -0.3 is 0 Å². The van der Waals surface area contributed by atoms with Crippen LogP contribution in [0.15, 0.2) is 17.7 Å². The van der Waals surface area contributed by atoms with Gasteiger partial charge in [0.1, 0.15) is 0 Å². The Morgan fingerprint density at radius 1 is 1.86 bits per heavy atom. The molecular formula is C6H6Cl. The molecule has 0 fully saturated rings. The zero-order valence-corrected chi connectivity index (χ0v) is 4.70. The van der Waals surface area contributed by atoms with E-state index < -0.39 is 0 Å². The van der Waals surface area contributed by atoms with Gasteiger partial charge >= 0.3 is 0 Å². The van der Waals surface area contributed by atoms with Gasteiger partial charge in [-0.2, -0.15) is 0 Å². The second-order valence-corrected chi connectivity index (χ2v) is 1.71. The van der Waals surface area contributed by atoms with Gasteiger partial charge in [-0.1, -0.05) is 12.2 Å². The van der Waals surface area contributed by atoms with Crippen LogP contribution in [0.25, 0.3) is 0 Å². The zero-order chi connectivity index (χ0) is 5.11. The van der Waals surface area contributed by atoms with Gasteiger partial charge in [0.05, 0.1) is 0 Å². The molecule has 0 atom stereocenters. The first-order chi connectivity index (χ1) is 3.43. The summed E-state index contributed by atoms with van der Waals surface area (Å²) in [6.07, 6.45) is 8.09. The van der Waals surface area contributed by atoms with Crippen molar-refractivity contribution in [2.45, 2.75) is 6.42 Å². The first kappa shape index (κ1) is 4.92. The minimum Gasteiger partial charge on any atom is -0.122 e. The number of allylic oxidation sites excluding steroid dienone is 4. The molecule has 0 saturated heterocycles. The molecule has 0 aromatic rings. The van der Waals surface area contributed by atoms with Crippen molar-refractivity contribution in [2.75, 3.05) is 5.88 Å². The van der Waals surface area contributed by atoms with Crippen LogP contribution in [-0.4, -0.2) is 5.88 Å². The molecule has 37 valence electrons. The molecule has 1 aliphatic carbocycles. The highest BCUT2D eigenvalue weighted by Crippen LogP contribution is 2.07. The fraction of sp³-hybridized carbons (Fsp3) is 0.333. The lowest BCUT2D eigenvalue weighted by Gasteiger charge is -1.81. The Morgan fingerprint density at radius 2 is 2.71 bits per heavy atom. The van der Waals surface area contributed by atoms with Gasteiger partial charge in [0.2, 0.25) is 0 Å². The van der Waals surface area contributed by atoms with Gasteiger partial charge in [0.15, 0.2) is 0 Å². The highest BCUT2D eigenvalue weighted by molar-refractivity contribution is 6.19. The first-order valence-corrected chi connectivity index (χ1v) is 2.79. The van der Waals surface area contributed by atoms with Crippen molar-refractivity contribution < 1.29 is 0 Å². The van der Waals surface area contributed by atoms with E-state index in [2.05, 4.69) is 12.2 Å². The topological polar surface area (TPSA) is 0 Å². The quantitative estimate of drug-likeness (QED) is 0.456. The van der Waals surface area contributed by atoms with Crippen LogP contribution >= 0.6 is 11.6 Å². The minimum absolute atomic E-state index is 0.608. The first-order valence-electron chi connectivity index (χ1n) is 2.25. The molecule has 0 amide bonds. The van der Waals surface area contributed by atoms with E-state index in [4.69, 9.17) is 11.6 Å². The summed E-state index contributed by atoms with van der Waals surface area (Å²) in [5.74, 6) is 0.608. The maximum Gasteiger partial charge on any atom is 0.0476 e. The molecule has 0 aromatic carbocycles. The number of rotatable bonds is 1. The van der Waals surface area contributed by atoms with E-state index in [0.717, 1.165) is 12.0 Å². The Bertz CT molecular complexity index is 111. The van der Waals surface area contributed by atoms with E-state index in [0.29, 0.717) is 5.88 Å². The fourth-order valence-electron chi connectivity index (χ4n) is 0.542. The van der Waals surface area contributed by atoms with E-state index >= 15 is 0 Å². The molecule has 1 heteroatoms. The minimum atomic E-state index is 0.608. The van der Waals surface area contributed by atoms with Gasteiger partial charge in [-0.3, -0.25) is 0 Å². The van der Waals surface area contributed by atoms with E-state index in [1.54, 1.807) is 0 Å². The monoisotopic (exact) mass is 113 g/mol. The van der Waals surface area contributed by atoms with Crippen LogP contribution < -0.4 is 0 Å². The zero-order valence-electron chi connectivity index (χ0n) is 3.95. The second-order valence-electron chi connectivity index (χ2n) is 1.44. The van der Waals surface area contributed by atoms with E-state index in [1.807, 2.05) is 6.08 Å². The average Bonchev–Trinajstić information content (AvgIpc) is 2.14. The summed E-state index contributed by atoms with van der Waals surface area (Å²) in [6.45, 7) is 0. The van der Waals surface area contributed by atoms with Crippen LogP contribution in [0.2, 0.25) is 0 Å². The van der Waals surface area contributed by atoms with Gasteiger partial charge in [0, 0.05) is 5.88 Å². The third kappa shape index (κ3) is 1.07. The highest BCUT2D eigenvalue weighted by Gasteiger charge is 1.92. The molecule has 0 nitrogen and oxygen atoms in total. The van der Waals surface area contributed by atoms with Crippen LogP contribution in [0.1, 0.15) is 6.42 Å². The van der Waals surface area contributed by atoms with Crippen molar-refractivity contribution in [3.05, 3.63) is 23.8 Å². The van der Waals surface area contributed by atoms with Gasteiger partial charge in [-0.05, 0) is 18.1 Å². The van der Waals surface area contributed by atoms with Crippen molar-refractivity contribution >= 4 is 11.6 Å². The van der Waals surface area contributed by atoms with Crippen molar-refractivity contribution in [2.24, 2.45) is 0 Å². The Hall–Kier alpha value is -0.230. The molecule has 0 saturated carbocycles. The van der Waals surface area contributed by atoms with Crippen LogP contribution in [0.4, 0.5) is 0 Å². The largest absolute Gasteiger partial charge is 0.122 e. The third-order valence-corrected chi connectivity index (χ3v) is 1.20. The summed E-state index contributed by atoms with van der Waals surface area (Å²) in [5, 5.41) is 0. The Morgan fingerprint density at radius 3 is 3.00 bits per heavy atom. The van der Waals surface area contributed by atoms with Gasteiger partial charge in [-0.15, -0.1) is 11.6 Å². The lowest BCUT2D eigenvalue weighted by atomic mass is 10.3. The molecule has 7 heavy (non-hydrogen) atoms. The Labute approximate surface area is 48.5 Å². The third-order valence-electron chi connectivity index (χ3n) is 0.910. The van der Waals surface area contributed by atoms with Crippen LogP contribution in [0.3, 0.4) is 0 Å². The summed E-state index contributed by atoms with van der Waals surface area (Å²) in [7, 11) is 0. The number of hydrogen-bond acceptors (Lipinski definition) is 0. The van der Waals surface area contributed by atoms with Crippen molar-refractivity contribution in [3.63, 3.8) is 0 Å². The standard InChI is InChI=1S/C6H6Cl/c7-5-6-3-1-2-4-6/h1,3H,2,5H2. The molecule has 0 heterocycles. The molecule has 0 bridgehead atoms. The molecular weight excluding hydrogens is 108 g/mol. The molecule has 1 rings (SSSR count). The average molecular weight is 114 g/mol. The lowest BCUT2D eigenvalue weighted by molar-refractivity contribution is 1.37. The fourth-order valence-corrected chi connectivity index (χ4v) is 0.725. The molecule has 0 aliphatic heterocycles. The maximum absolute atomic E-state index is 5.46. The maximum atomic E-state index is 5.46. The number of hydrogen-bond donors (Lipinski definition) is 0. The number of alkyl halides is 1. The molecule has 1 aliphatic rings. The summed E-state index contributed by atoms with van der Waals surface area (Å²) < 4.78 is 0. The van der Waals surface area contributed by atoms with Gasteiger partial charge in [-0.25, -0.2) is 0 Å². The van der Waals surface area contributed by atoms with Gasteiger partial charge in [0.25, 0.3) is 0 Å². The van der Waals surface area contributed by atoms with Crippen molar-refractivity contribution in [3.8, 4) is 0 Å². The van der Waals surface area contributed by atoms with Crippen molar-refractivity contribution in [1.82, 2.24) is 0 Å². The van der Waals surface area contributed by atoms with Crippen LogP contribution in [0, 0.1) is 6.08 Å². The van der Waals surface area contributed by atoms with E-state index in [9.17, 15) is 0 Å². The molecule has 0 unspecified atom stereocenters. The smallest absolute Gasteiger partial charge is 0.0476 e. The summed E-state index contributed by atoms with van der Waals surface area (Å²) in [5.41, 5.74) is 1.13. The Kier molecular flexibility index (Phi) is 1.53. The summed E-state index contributed by atoms with van der Waals surface area (Å²) >= 11 is 5.46. The lowest BCUT2D eigenvalue weighted by Crippen LogP contribution is -1.71. The van der Waals surface area contributed by atoms with Crippen LogP contribution in [-0.2, 0) is 0 Å². The molecule has 0 aromatic heterocycles. The van der Waals surface area contributed by atoms with Crippen molar-refractivity contribution in [1.29, 1.82) is 0 Å². The molecule has 0 spiro atoms. The molecule has 0 N–H and O–H groups in total. The Balaban J connectivity index is 2.52. The second kappa shape index (κ2) is 2.17. The normalized spacial score (nSPS) is 17.6. The predicted molar refractivity (Wildman–Crippen MR) is 31.2 cm³/mol. The molecule has 1 radical (unpaired) electrons. The summed E-state index contributed by atoms with van der Waals surface area (Å²) in [6, 6.07) is 0. The SMILES string of the molecule is ClCC1=[C]CC=C1. The van der Waals surface area contributed by atoms with Crippen LogP contribution in [0.5, 0.6) is 0 Å². The highest BCUT2D eigenvalue weighted by atomic mass is 35.5. The number of halogens is 1. The van der Waals surface area contributed by atoms with E-state index in [1.165, 1.54) is 0 Å². The summed E-state index contributed by atoms with van der Waals surface area (Å²) in [4.78, 5) is 0.